The summed E-state index contributed by atoms with van der Waals surface area (Å²) in [5.41, 5.74) is 2.82. The molecule has 0 bridgehead atoms. The fourth-order valence-electron chi connectivity index (χ4n) is 4.52. The second-order valence-electron chi connectivity index (χ2n) is 10.0. The molecule has 1 aromatic heterocycles. The van der Waals surface area contributed by atoms with Crippen molar-refractivity contribution in [1.29, 1.82) is 0 Å². The van der Waals surface area contributed by atoms with Crippen molar-refractivity contribution in [3.63, 3.8) is 0 Å². The molecular weight excluding hydrogens is 443 g/mol. The third-order valence-electron chi connectivity index (χ3n) is 6.66. The number of quaternary nitrogens is 1. The normalized spacial score (nSPS) is 14.9. The molecule has 2 aromatic carbocycles. The number of nitrogens with zero attached hydrogens (tertiary/aromatic N) is 4. The smallest absolute Gasteiger partial charge is 0.257 e. The molecule has 186 valence electrons. The lowest BCUT2D eigenvalue weighted by molar-refractivity contribution is -0.839. The van der Waals surface area contributed by atoms with E-state index in [4.69, 9.17) is 4.98 Å². The highest BCUT2D eigenvalue weighted by Gasteiger charge is 2.31. The molecule has 0 N–H and O–H groups in total. The van der Waals surface area contributed by atoms with Crippen LogP contribution in [-0.2, 0) is 13.1 Å². The number of rotatable bonds is 11. The molecular formula is C28H35FN4O2. The molecule has 1 aliphatic rings. The number of benzene rings is 2. The average molecular weight is 479 g/mol. The Morgan fingerprint density at radius 2 is 1.80 bits per heavy atom. The average Bonchev–Trinajstić information content (AvgIpc) is 3.67. The quantitative estimate of drug-likeness (QED) is 0.292. The molecule has 0 aliphatic heterocycles. The number of halogens is 1. The molecule has 1 heterocycles. The van der Waals surface area contributed by atoms with Crippen LogP contribution in [0.2, 0.25) is 0 Å². The first-order chi connectivity index (χ1) is 16.7. The predicted octanol–water partition coefficient (Wildman–Crippen LogP) is 4.84. The van der Waals surface area contributed by atoms with Crippen LogP contribution in [0.4, 0.5) is 4.39 Å². The highest BCUT2D eigenvalue weighted by Crippen LogP contribution is 2.38. The molecule has 0 saturated heterocycles. The van der Waals surface area contributed by atoms with Crippen LogP contribution in [0.1, 0.15) is 60.7 Å². The lowest BCUT2D eigenvalue weighted by Gasteiger charge is -2.38. The van der Waals surface area contributed by atoms with E-state index in [1.807, 2.05) is 34.9 Å². The Bertz CT molecular complexity index is 1170. The van der Waals surface area contributed by atoms with E-state index in [9.17, 15) is 14.4 Å². The van der Waals surface area contributed by atoms with Gasteiger partial charge in [0.2, 0.25) is 0 Å². The highest BCUT2D eigenvalue weighted by atomic mass is 19.1. The zero-order valence-corrected chi connectivity index (χ0v) is 20.9. The van der Waals surface area contributed by atoms with E-state index < -0.39 is 4.65 Å². The summed E-state index contributed by atoms with van der Waals surface area (Å²) in [7, 11) is 3.26. The first-order valence-corrected chi connectivity index (χ1v) is 12.4. The largest absolute Gasteiger partial charge is 0.633 e. The Kier molecular flexibility index (Phi) is 7.79. The number of likely N-dealkylation sites (N-methyl/N-ethyl adjacent to an activating group) is 1. The minimum atomic E-state index is -0.415. The fraction of sp³-hybridized carbons (Fsp3) is 0.429. The van der Waals surface area contributed by atoms with Gasteiger partial charge in [-0.1, -0.05) is 49.4 Å². The van der Waals surface area contributed by atoms with Crippen molar-refractivity contribution in [1.82, 2.24) is 14.5 Å². The Labute approximate surface area is 206 Å². The Hall–Kier alpha value is -2.87. The third-order valence-corrected chi connectivity index (χ3v) is 6.66. The third kappa shape index (κ3) is 6.63. The standard InChI is InChI=1S/C28H35FN4O2/c1-4-26(31(16-17-33(2,3)35)19-22-10-14-24(29)15-11-22)27-30-18-25(23-12-13-23)28(34)32(27)20-21-8-6-5-7-9-21/h5-11,14-15,18,23,26H,4,12-13,16-17,19-20H2,1-3H3. The molecule has 35 heavy (non-hydrogen) atoms. The van der Waals surface area contributed by atoms with Gasteiger partial charge in [-0.15, -0.1) is 0 Å². The van der Waals surface area contributed by atoms with Gasteiger partial charge < -0.3 is 9.85 Å². The van der Waals surface area contributed by atoms with Crippen molar-refractivity contribution in [2.45, 2.75) is 51.2 Å². The van der Waals surface area contributed by atoms with Gasteiger partial charge in [0.25, 0.3) is 5.56 Å². The summed E-state index contributed by atoms with van der Waals surface area (Å²) < 4.78 is 14.9. The summed E-state index contributed by atoms with van der Waals surface area (Å²) in [5, 5.41) is 12.4. The number of hydrogen-bond acceptors (Lipinski definition) is 4. The molecule has 1 saturated carbocycles. The van der Waals surface area contributed by atoms with Crippen LogP contribution in [0.15, 0.2) is 65.6 Å². The summed E-state index contributed by atoms with van der Waals surface area (Å²) in [6, 6.07) is 16.2. The molecule has 4 rings (SSSR count). The first kappa shape index (κ1) is 25.2. The minimum Gasteiger partial charge on any atom is -0.633 e. The van der Waals surface area contributed by atoms with E-state index in [1.165, 1.54) is 12.1 Å². The summed E-state index contributed by atoms with van der Waals surface area (Å²) in [6.07, 6.45) is 4.55. The maximum Gasteiger partial charge on any atom is 0.257 e. The Morgan fingerprint density at radius 3 is 2.40 bits per heavy atom. The van der Waals surface area contributed by atoms with Crippen LogP contribution in [0.3, 0.4) is 0 Å². The number of aromatic nitrogens is 2. The summed E-state index contributed by atoms with van der Waals surface area (Å²) in [4.78, 5) is 20.7. The maximum absolute atomic E-state index is 13.6. The molecule has 7 heteroatoms. The van der Waals surface area contributed by atoms with Gasteiger partial charge in [-0.3, -0.25) is 14.3 Å². The van der Waals surface area contributed by atoms with Gasteiger partial charge in [0, 0.05) is 24.8 Å². The van der Waals surface area contributed by atoms with E-state index in [0.29, 0.717) is 37.9 Å². The van der Waals surface area contributed by atoms with Gasteiger partial charge >= 0.3 is 0 Å². The van der Waals surface area contributed by atoms with Gasteiger partial charge in [-0.05, 0) is 48.4 Å². The molecule has 1 atom stereocenters. The molecule has 1 unspecified atom stereocenters. The van der Waals surface area contributed by atoms with E-state index in [-0.39, 0.29) is 17.4 Å². The zero-order chi connectivity index (χ0) is 25.0. The van der Waals surface area contributed by atoms with Crippen molar-refractivity contribution in [3.05, 3.63) is 105 Å². The van der Waals surface area contributed by atoms with Crippen molar-refractivity contribution < 1.29 is 9.04 Å². The van der Waals surface area contributed by atoms with Crippen LogP contribution < -0.4 is 5.56 Å². The van der Waals surface area contributed by atoms with E-state index in [2.05, 4.69) is 11.8 Å². The molecule has 1 aliphatic carbocycles. The summed E-state index contributed by atoms with van der Waals surface area (Å²) >= 11 is 0. The van der Waals surface area contributed by atoms with Gasteiger partial charge in [0.1, 0.15) is 11.6 Å². The molecule has 0 spiro atoms. The lowest BCUT2D eigenvalue weighted by Crippen LogP contribution is -2.43. The number of hydroxylamine groups is 3. The zero-order valence-electron chi connectivity index (χ0n) is 20.9. The molecule has 1 fully saturated rings. The van der Waals surface area contributed by atoms with E-state index in [1.54, 1.807) is 32.4 Å². The molecule has 3 aromatic rings. The number of hydrogen-bond donors (Lipinski definition) is 0. The van der Waals surface area contributed by atoms with Crippen molar-refractivity contribution in [2.24, 2.45) is 0 Å². The summed E-state index contributed by atoms with van der Waals surface area (Å²) in [6.45, 7) is 3.98. The second kappa shape index (κ2) is 10.8. The minimum absolute atomic E-state index is 0.0291. The van der Waals surface area contributed by atoms with Gasteiger partial charge in [0.05, 0.1) is 33.2 Å². The maximum atomic E-state index is 13.6. The fourth-order valence-corrected chi connectivity index (χ4v) is 4.52. The predicted molar refractivity (Wildman–Crippen MR) is 136 cm³/mol. The molecule has 6 nitrogen and oxygen atoms in total. The second-order valence-corrected chi connectivity index (χ2v) is 10.0. The Morgan fingerprint density at radius 1 is 1.11 bits per heavy atom. The molecule has 0 radical (unpaired) electrons. The van der Waals surface area contributed by atoms with Crippen molar-refractivity contribution in [3.8, 4) is 0 Å². The lowest BCUT2D eigenvalue weighted by atomic mass is 10.1. The highest BCUT2D eigenvalue weighted by molar-refractivity contribution is 5.23. The first-order valence-electron chi connectivity index (χ1n) is 12.4. The molecule has 0 amide bonds. The van der Waals surface area contributed by atoms with Crippen LogP contribution >= 0.6 is 0 Å². The van der Waals surface area contributed by atoms with Gasteiger partial charge in [-0.25, -0.2) is 9.37 Å². The van der Waals surface area contributed by atoms with Crippen molar-refractivity contribution in [2.75, 3.05) is 27.2 Å². The van der Waals surface area contributed by atoms with Crippen molar-refractivity contribution >= 4 is 0 Å². The van der Waals surface area contributed by atoms with Crippen LogP contribution in [0.25, 0.3) is 0 Å². The van der Waals surface area contributed by atoms with Crippen LogP contribution in [-0.4, -0.2) is 46.3 Å². The van der Waals surface area contributed by atoms with Gasteiger partial charge in [0.15, 0.2) is 0 Å². The monoisotopic (exact) mass is 478 g/mol. The van der Waals surface area contributed by atoms with Gasteiger partial charge in [-0.2, -0.15) is 0 Å². The summed E-state index contributed by atoms with van der Waals surface area (Å²) in [5.74, 6) is 0.739. The van der Waals surface area contributed by atoms with Crippen LogP contribution in [0.5, 0.6) is 0 Å². The van der Waals surface area contributed by atoms with E-state index >= 15 is 0 Å². The van der Waals surface area contributed by atoms with Crippen LogP contribution in [0, 0.1) is 11.0 Å². The SMILES string of the molecule is CCC(c1ncc(C2CC2)c(=O)n1Cc1ccccc1)N(CC[N+](C)(C)[O-])Cc1ccc(F)cc1. The topological polar surface area (TPSA) is 61.2 Å². The Balaban J connectivity index is 1.74. The van der Waals surface area contributed by atoms with E-state index in [0.717, 1.165) is 36.0 Å².